The molecule has 1 aliphatic heterocycles. The summed E-state index contributed by atoms with van der Waals surface area (Å²) in [6.45, 7) is 6.52. The van der Waals surface area contributed by atoms with Gasteiger partial charge >= 0.3 is 11.9 Å². The van der Waals surface area contributed by atoms with E-state index in [1.165, 1.54) is 13.2 Å². The van der Waals surface area contributed by atoms with Crippen molar-refractivity contribution in [2.45, 2.75) is 51.9 Å². The maximum Gasteiger partial charge on any atom is 0.309 e. The van der Waals surface area contributed by atoms with Crippen LogP contribution in [-0.2, 0) is 24.7 Å². The molecule has 1 aromatic heterocycles. The lowest BCUT2D eigenvalue weighted by atomic mass is 9.83. The van der Waals surface area contributed by atoms with E-state index in [2.05, 4.69) is 0 Å². The third kappa shape index (κ3) is 2.13. The first-order chi connectivity index (χ1) is 10.2. The molecule has 5 atom stereocenters. The molecule has 6 nitrogen and oxygen atoms in total. The lowest BCUT2D eigenvalue weighted by Gasteiger charge is -2.29. The van der Waals surface area contributed by atoms with Crippen molar-refractivity contribution in [3.05, 3.63) is 23.2 Å². The molecule has 0 amide bonds. The van der Waals surface area contributed by atoms with Crippen LogP contribution in [0.4, 0.5) is 0 Å². The summed E-state index contributed by atoms with van der Waals surface area (Å²) in [7, 11) is 0. The molecule has 22 heavy (non-hydrogen) atoms. The van der Waals surface area contributed by atoms with Crippen LogP contribution in [0.15, 0.2) is 10.7 Å². The largest absolute Gasteiger partial charge is 0.469 e. The molecule has 0 bridgehead atoms. The van der Waals surface area contributed by atoms with Crippen molar-refractivity contribution in [1.82, 2.24) is 0 Å². The van der Waals surface area contributed by atoms with E-state index in [0.717, 1.165) is 0 Å². The minimum atomic E-state index is -1.22. The predicted octanol–water partition coefficient (Wildman–Crippen LogP) is 1.98. The van der Waals surface area contributed by atoms with Crippen LogP contribution in [0.5, 0.6) is 0 Å². The van der Waals surface area contributed by atoms with E-state index in [1.54, 1.807) is 20.8 Å². The Bertz CT molecular complexity index is 629. The van der Waals surface area contributed by atoms with E-state index in [1.807, 2.05) is 0 Å². The lowest BCUT2D eigenvalue weighted by Crippen LogP contribution is -2.35. The van der Waals surface area contributed by atoms with Gasteiger partial charge in [0, 0.05) is 24.5 Å². The summed E-state index contributed by atoms with van der Waals surface area (Å²) in [5, 5.41) is 10.8. The van der Waals surface area contributed by atoms with Gasteiger partial charge < -0.3 is 19.0 Å². The maximum atomic E-state index is 12.0. The first kappa shape index (κ1) is 15.1. The molecule has 3 rings (SSSR count). The highest BCUT2D eigenvalue weighted by molar-refractivity contribution is 5.76. The summed E-state index contributed by atoms with van der Waals surface area (Å²) in [6, 6.07) is 0. The van der Waals surface area contributed by atoms with E-state index in [9.17, 15) is 14.7 Å². The molecule has 2 aliphatic rings. The Morgan fingerprint density at radius 3 is 2.82 bits per heavy atom. The van der Waals surface area contributed by atoms with E-state index in [-0.39, 0.29) is 18.3 Å². The summed E-state index contributed by atoms with van der Waals surface area (Å²) in [6.07, 6.45) is 0.537. The fourth-order valence-electron chi connectivity index (χ4n) is 3.70. The fraction of sp³-hybridized carbons (Fsp3) is 0.625. The molecule has 6 heteroatoms. The van der Waals surface area contributed by atoms with Gasteiger partial charge in [0.25, 0.3) is 0 Å². The fourth-order valence-corrected chi connectivity index (χ4v) is 3.70. The highest BCUT2D eigenvalue weighted by Gasteiger charge is 2.54. The number of esters is 2. The monoisotopic (exact) mass is 308 g/mol. The number of aryl methyl sites for hydroxylation is 1. The zero-order valence-electron chi connectivity index (χ0n) is 13.1. The molecule has 2 heterocycles. The van der Waals surface area contributed by atoms with Gasteiger partial charge in [0.1, 0.15) is 18.0 Å². The number of hydrogen-bond acceptors (Lipinski definition) is 6. The number of furan rings is 1. The summed E-state index contributed by atoms with van der Waals surface area (Å²) in [5.41, 5.74) is 0.0721. The number of carbonyl (C=O) groups excluding carboxylic acids is 2. The summed E-state index contributed by atoms with van der Waals surface area (Å²) < 4.78 is 16.4. The van der Waals surface area contributed by atoms with Crippen molar-refractivity contribution in [2.75, 3.05) is 0 Å². The highest BCUT2D eigenvalue weighted by Crippen LogP contribution is 2.51. The second-order valence-electron chi connectivity index (χ2n) is 6.47. The van der Waals surface area contributed by atoms with Crippen LogP contribution >= 0.6 is 0 Å². The zero-order chi connectivity index (χ0) is 16.2. The summed E-state index contributed by atoms with van der Waals surface area (Å²) in [5.74, 6) is -0.893. The average molecular weight is 308 g/mol. The van der Waals surface area contributed by atoms with Crippen molar-refractivity contribution in [2.24, 2.45) is 11.8 Å². The van der Waals surface area contributed by atoms with Gasteiger partial charge in [0.15, 0.2) is 0 Å². The van der Waals surface area contributed by atoms with Gasteiger partial charge in [-0.05, 0) is 13.8 Å². The van der Waals surface area contributed by atoms with Crippen LogP contribution < -0.4 is 0 Å². The Kier molecular flexibility index (Phi) is 3.32. The summed E-state index contributed by atoms with van der Waals surface area (Å²) >= 11 is 0. The maximum absolute atomic E-state index is 12.0. The second-order valence-corrected chi connectivity index (χ2v) is 6.47. The third-order valence-corrected chi connectivity index (χ3v) is 4.77. The predicted molar refractivity (Wildman–Crippen MR) is 74.7 cm³/mol. The number of fused-ring (bicyclic) bond motifs is 3. The second kappa shape index (κ2) is 4.84. The highest BCUT2D eigenvalue weighted by atomic mass is 16.6. The average Bonchev–Trinajstić information content (AvgIpc) is 2.87. The van der Waals surface area contributed by atoms with Crippen LogP contribution in [0.3, 0.4) is 0 Å². The van der Waals surface area contributed by atoms with Crippen LogP contribution in [0, 0.1) is 18.8 Å². The first-order valence-corrected chi connectivity index (χ1v) is 7.41. The normalized spacial score (nSPS) is 37.0. The van der Waals surface area contributed by atoms with Crippen molar-refractivity contribution in [3.8, 4) is 0 Å². The standard InChI is InChI=1S/C16H20O6/c1-7-12-11(21-9(3)17)5-16(4,19)10-6-20-8(2)13(10)14(12)22-15(7)18/h6-7,11-12,14,19H,5H2,1-4H3. The van der Waals surface area contributed by atoms with E-state index in [0.29, 0.717) is 16.9 Å². The Morgan fingerprint density at radius 2 is 2.18 bits per heavy atom. The van der Waals surface area contributed by atoms with Crippen molar-refractivity contribution in [1.29, 1.82) is 0 Å². The van der Waals surface area contributed by atoms with Gasteiger partial charge in [0.05, 0.1) is 23.7 Å². The van der Waals surface area contributed by atoms with E-state index < -0.39 is 29.7 Å². The first-order valence-electron chi connectivity index (χ1n) is 7.41. The molecular weight excluding hydrogens is 288 g/mol. The zero-order valence-corrected chi connectivity index (χ0v) is 13.1. The molecule has 1 N–H and O–H groups in total. The molecule has 0 radical (unpaired) electrons. The van der Waals surface area contributed by atoms with Gasteiger partial charge in [-0.1, -0.05) is 6.92 Å². The summed E-state index contributed by atoms with van der Waals surface area (Å²) in [4.78, 5) is 23.5. The number of ether oxygens (including phenoxy) is 2. The van der Waals surface area contributed by atoms with Crippen LogP contribution in [-0.4, -0.2) is 23.1 Å². The Hall–Kier alpha value is -1.82. The minimum Gasteiger partial charge on any atom is -0.469 e. The SMILES string of the molecule is CC(=O)OC1CC(C)(O)c2coc(C)c2C2OC(=O)C(C)C12. The van der Waals surface area contributed by atoms with Crippen LogP contribution in [0.25, 0.3) is 0 Å². The van der Waals surface area contributed by atoms with E-state index >= 15 is 0 Å². The molecule has 5 unspecified atom stereocenters. The molecule has 0 spiro atoms. The molecule has 1 aromatic rings. The van der Waals surface area contributed by atoms with Crippen molar-refractivity contribution >= 4 is 11.9 Å². The van der Waals surface area contributed by atoms with Crippen LogP contribution in [0.1, 0.15) is 50.2 Å². The van der Waals surface area contributed by atoms with Crippen molar-refractivity contribution < 1.29 is 28.6 Å². The van der Waals surface area contributed by atoms with Crippen molar-refractivity contribution in [3.63, 3.8) is 0 Å². The van der Waals surface area contributed by atoms with Gasteiger partial charge in [-0.15, -0.1) is 0 Å². The molecular formula is C16H20O6. The number of hydrogen-bond donors (Lipinski definition) is 1. The molecule has 120 valence electrons. The molecule has 0 aromatic carbocycles. The van der Waals surface area contributed by atoms with E-state index in [4.69, 9.17) is 13.9 Å². The van der Waals surface area contributed by atoms with Gasteiger partial charge in [0.2, 0.25) is 0 Å². The quantitative estimate of drug-likeness (QED) is 0.798. The molecule has 1 saturated heterocycles. The Balaban J connectivity index is 2.14. The molecule has 1 aliphatic carbocycles. The Labute approximate surface area is 128 Å². The topological polar surface area (TPSA) is 86.0 Å². The third-order valence-electron chi connectivity index (χ3n) is 4.77. The number of aliphatic hydroxyl groups is 1. The lowest BCUT2D eigenvalue weighted by molar-refractivity contribution is -0.154. The van der Waals surface area contributed by atoms with Gasteiger partial charge in [-0.25, -0.2) is 0 Å². The van der Waals surface area contributed by atoms with Crippen LogP contribution in [0.2, 0.25) is 0 Å². The number of rotatable bonds is 1. The van der Waals surface area contributed by atoms with Gasteiger partial charge in [-0.2, -0.15) is 0 Å². The Morgan fingerprint density at radius 1 is 1.50 bits per heavy atom. The minimum absolute atomic E-state index is 0.195. The number of carbonyl (C=O) groups is 2. The molecule has 0 saturated carbocycles. The van der Waals surface area contributed by atoms with Gasteiger partial charge in [-0.3, -0.25) is 9.59 Å². The smallest absolute Gasteiger partial charge is 0.309 e. The molecule has 1 fully saturated rings.